The number of amidine groups is 1. The molecule has 8 heteroatoms. The van der Waals surface area contributed by atoms with Gasteiger partial charge in [-0.25, -0.2) is 9.40 Å². The third-order valence-corrected chi connectivity index (χ3v) is 5.27. The van der Waals surface area contributed by atoms with E-state index in [4.69, 9.17) is 0 Å². The average Bonchev–Trinajstić information content (AvgIpc) is 2.62. The van der Waals surface area contributed by atoms with Crippen LogP contribution in [-0.2, 0) is 4.79 Å². The average molecular weight is 433 g/mol. The molecule has 2 aliphatic rings. The molecule has 26 heavy (non-hydrogen) atoms. The lowest BCUT2D eigenvalue weighted by atomic mass is 10.1. The van der Waals surface area contributed by atoms with Crippen LogP contribution in [0.5, 0.6) is 0 Å². The number of fused-ring (bicyclic) bond motifs is 2. The van der Waals surface area contributed by atoms with E-state index in [2.05, 4.69) is 31.3 Å². The number of halogens is 2. The van der Waals surface area contributed by atoms with Crippen molar-refractivity contribution in [3.63, 3.8) is 0 Å². The molecule has 5 nitrogen and oxygen atoms in total. The van der Waals surface area contributed by atoms with Crippen molar-refractivity contribution in [3.8, 4) is 0 Å². The highest BCUT2D eigenvalue weighted by atomic mass is 79.9. The summed E-state index contributed by atoms with van der Waals surface area (Å²) in [7, 11) is 0. The van der Waals surface area contributed by atoms with Crippen molar-refractivity contribution in [3.05, 3.63) is 68.9 Å². The van der Waals surface area contributed by atoms with Crippen LogP contribution in [0.2, 0.25) is 0 Å². The number of carbonyl (C=O) groups is 1. The third kappa shape index (κ3) is 2.93. The van der Waals surface area contributed by atoms with E-state index < -0.39 is 6.17 Å². The maximum atomic E-state index is 14.5. The molecule has 2 aromatic carbocycles. The Morgan fingerprint density at radius 3 is 2.88 bits per heavy atom. The number of hydrazone groups is 1. The molecule has 0 aromatic heterocycles. The minimum absolute atomic E-state index is 0.272. The Labute approximate surface area is 161 Å². The molecule has 132 valence electrons. The van der Waals surface area contributed by atoms with E-state index in [1.165, 1.54) is 22.8 Å². The van der Waals surface area contributed by atoms with Gasteiger partial charge in [0.2, 0.25) is 0 Å². The highest BCUT2D eigenvalue weighted by Gasteiger charge is 2.35. The van der Waals surface area contributed by atoms with Gasteiger partial charge in [0.15, 0.2) is 11.3 Å². The van der Waals surface area contributed by atoms with Gasteiger partial charge < -0.3 is 0 Å². The fraction of sp³-hybridized carbons (Fsp3) is 0.167. The summed E-state index contributed by atoms with van der Waals surface area (Å²) in [6, 6.07) is 11.9. The molecule has 0 saturated carbocycles. The van der Waals surface area contributed by atoms with E-state index in [9.17, 15) is 9.18 Å². The third-order valence-electron chi connectivity index (χ3n) is 4.03. The van der Waals surface area contributed by atoms with E-state index in [1.54, 1.807) is 18.2 Å². The molecular formula is C18H14BrFN4OS. The molecule has 1 atom stereocenters. The van der Waals surface area contributed by atoms with Gasteiger partial charge in [0.05, 0.1) is 5.36 Å². The smallest absolute Gasteiger partial charge is 0.276 e. The Bertz CT molecular complexity index is 1060. The van der Waals surface area contributed by atoms with Crippen molar-refractivity contribution in [2.24, 2.45) is 10.1 Å². The summed E-state index contributed by atoms with van der Waals surface area (Å²) in [5, 5.41) is 10.6. The largest absolute Gasteiger partial charge is 0.298 e. The second-order valence-electron chi connectivity index (χ2n) is 5.67. The van der Waals surface area contributed by atoms with Gasteiger partial charge in [0.1, 0.15) is 11.5 Å². The van der Waals surface area contributed by atoms with Gasteiger partial charge in [-0.3, -0.25) is 15.1 Å². The number of thioether (sulfide) groups is 1. The minimum atomic E-state index is -0.738. The molecule has 0 spiro atoms. The van der Waals surface area contributed by atoms with Gasteiger partial charge >= 0.3 is 0 Å². The van der Waals surface area contributed by atoms with Crippen LogP contribution in [0.4, 0.5) is 4.39 Å². The molecule has 2 aromatic rings. The van der Waals surface area contributed by atoms with Crippen LogP contribution in [0.3, 0.4) is 0 Å². The summed E-state index contributed by atoms with van der Waals surface area (Å²) >= 11 is 4.85. The quantitative estimate of drug-likeness (QED) is 0.792. The first-order valence-electron chi connectivity index (χ1n) is 8.02. The Kier molecular flexibility index (Phi) is 4.54. The summed E-state index contributed by atoms with van der Waals surface area (Å²) in [4.78, 5) is 17.5. The predicted molar refractivity (Wildman–Crippen MR) is 103 cm³/mol. The fourth-order valence-corrected chi connectivity index (χ4v) is 3.89. The van der Waals surface area contributed by atoms with Crippen LogP contribution in [0.15, 0.2) is 57.0 Å². The molecule has 1 amide bonds. The second-order valence-corrected chi connectivity index (χ2v) is 7.84. The van der Waals surface area contributed by atoms with Crippen molar-refractivity contribution in [2.45, 2.75) is 13.1 Å². The maximum absolute atomic E-state index is 14.5. The molecule has 1 unspecified atom stereocenters. The summed E-state index contributed by atoms with van der Waals surface area (Å²) in [5.41, 5.74) is 0.739. The van der Waals surface area contributed by atoms with Crippen molar-refractivity contribution in [1.82, 2.24) is 10.3 Å². The topological polar surface area (TPSA) is 57.1 Å². The highest BCUT2D eigenvalue weighted by Crippen LogP contribution is 2.32. The Balaban J connectivity index is 2.00. The van der Waals surface area contributed by atoms with Gasteiger partial charge in [0, 0.05) is 15.3 Å². The van der Waals surface area contributed by atoms with Crippen molar-refractivity contribution >= 4 is 44.5 Å². The lowest BCUT2D eigenvalue weighted by Gasteiger charge is -2.34. The molecule has 4 rings (SSSR count). The lowest BCUT2D eigenvalue weighted by Crippen LogP contribution is -2.50. The van der Waals surface area contributed by atoms with Gasteiger partial charge in [-0.05, 0) is 30.0 Å². The molecule has 0 bridgehead atoms. The Morgan fingerprint density at radius 2 is 2.12 bits per heavy atom. The Hall–Kier alpha value is -2.19. The molecule has 2 heterocycles. The van der Waals surface area contributed by atoms with E-state index >= 15 is 0 Å². The van der Waals surface area contributed by atoms with E-state index in [0.717, 1.165) is 10.2 Å². The summed E-state index contributed by atoms with van der Waals surface area (Å²) in [6.45, 7) is 1.97. The number of hydrogen-bond donors (Lipinski definition) is 1. The van der Waals surface area contributed by atoms with Crippen molar-refractivity contribution < 1.29 is 9.18 Å². The van der Waals surface area contributed by atoms with Crippen LogP contribution in [-0.4, -0.2) is 21.8 Å². The number of amides is 1. The zero-order valence-electron chi connectivity index (χ0n) is 13.7. The number of nitrogens with zero attached hydrogens (tertiary/aromatic N) is 3. The molecule has 0 aliphatic carbocycles. The molecule has 1 N–H and O–H groups in total. The van der Waals surface area contributed by atoms with Crippen LogP contribution in [0.1, 0.15) is 18.7 Å². The first-order valence-corrected chi connectivity index (χ1v) is 9.80. The van der Waals surface area contributed by atoms with Crippen molar-refractivity contribution in [2.75, 3.05) is 5.75 Å². The van der Waals surface area contributed by atoms with E-state index in [0.29, 0.717) is 27.0 Å². The van der Waals surface area contributed by atoms with E-state index in [1.807, 2.05) is 25.1 Å². The minimum Gasteiger partial charge on any atom is -0.298 e. The molecule has 0 saturated heterocycles. The summed E-state index contributed by atoms with van der Waals surface area (Å²) in [6.07, 6.45) is -0.738. The number of rotatable bonds is 2. The zero-order chi connectivity index (χ0) is 18.3. The standard InChI is InChI=1S/C18H14BrFN4OS/c1-2-26-18-22-17(25)15-12-9-10(19)7-8-14(12)21-16(24(15)23-18)11-5-3-4-6-13(11)20/h3-9,16H,2H2,1H3,(H,22,23,25). The molecule has 0 radical (unpaired) electrons. The van der Waals surface area contributed by atoms with E-state index in [-0.39, 0.29) is 11.7 Å². The first-order chi connectivity index (χ1) is 12.6. The van der Waals surface area contributed by atoms with Crippen LogP contribution >= 0.6 is 27.7 Å². The number of carbonyl (C=O) groups excluding carboxylic acids is 1. The predicted octanol–water partition coefficient (Wildman–Crippen LogP) is 2.48. The lowest BCUT2D eigenvalue weighted by molar-refractivity contribution is -0.116. The molecular weight excluding hydrogens is 419 g/mol. The summed E-state index contributed by atoms with van der Waals surface area (Å²) < 4.78 is 15.3. The highest BCUT2D eigenvalue weighted by molar-refractivity contribution is 9.10. The Morgan fingerprint density at radius 1 is 1.31 bits per heavy atom. The second kappa shape index (κ2) is 6.85. The molecule has 2 aliphatic heterocycles. The van der Waals surface area contributed by atoms with Gasteiger partial charge in [0.25, 0.3) is 5.91 Å². The molecule has 0 fully saturated rings. The van der Waals surface area contributed by atoms with Crippen LogP contribution in [0.25, 0.3) is 5.70 Å². The van der Waals surface area contributed by atoms with Gasteiger partial charge in [-0.2, -0.15) is 0 Å². The van der Waals surface area contributed by atoms with Crippen molar-refractivity contribution in [1.29, 1.82) is 0 Å². The van der Waals surface area contributed by atoms with Gasteiger partial charge in [-0.1, -0.05) is 52.8 Å². The number of hydrogen-bond acceptors (Lipinski definition) is 5. The monoisotopic (exact) mass is 432 g/mol. The number of nitrogens with one attached hydrogen (secondary N) is 1. The SMILES string of the molecule is CCSC1=NN2C(=c3cc(Br)ccc3=NC2c2ccccc2F)C(=O)N1. The first kappa shape index (κ1) is 17.2. The summed E-state index contributed by atoms with van der Waals surface area (Å²) in [5.74, 6) is 0.102. The van der Waals surface area contributed by atoms with Gasteiger partial charge in [-0.15, -0.1) is 5.10 Å². The fourth-order valence-electron chi connectivity index (χ4n) is 2.94. The zero-order valence-corrected chi connectivity index (χ0v) is 16.1. The van der Waals surface area contributed by atoms with Crippen LogP contribution in [0, 0.1) is 5.82 Å². The normalized spacial score (nSPS) is 18.5. The number of benzene rings is 2. The van der Waals surface area contributed by atoms with Crippen LogP contribution < -0.4 is 15.9 Å². The maximum Gasteiger partial charge on any atom is 0.276 e.